The molecule has 0 fully saturated rings. The van der Waals surface area contributed by atoms with Gasteiger partial charge < -0.3 is 4.74 Å². The second-order valence-corrected chi connectivity index (χ2v) is 5.65. The molecule has 0 heterocycles. The van der Waals surface area contributed by atoms with E-state index < -0.39 is 0 Å². The highest BCUT2D eigenvalue weighted by Crippen LogP contribution is 2.37. The maximum absolute atomic E-state index is 11.4. The number of ether oxygens (including phenoxy) is 1. The minimum Gasteiger partial charge on any atom is -0.484 e. The lowest BCUT2D eigenvalue weighted by Crippen LogP contribution is -2.24. The quantitative estimate of drug-likeness (QED) is 0.809. The molecule has 20 heavy (non-hydrogen) atoms. The molecule has 0 N–H and O–H groups in total. The Balaban J connectivity index is 2.41. The van der Waals surface area contributed by atoms with Crippen LogP contribution in [0.5, 0.6) is 5.75 Å². The molecule has 106 valence electrons. The Bertz CT molecular complexity index is 599. The molecule has 2 rings (SSSR count). The Hall–Kier alpha value is -1.54. The Morgan fingerprint density at radius 3 is 2.65 bits per heavy atom. The first kappa shape index (κ1) is 14.9. The minimum absolute atomic E-state index is 0.0925. The average molecular weight is 291 g/mol. The van der Waals surface area contributed by atoms with E-state index in [4.69, 9.17) is 16.3 Å². The summed E-state index contributed by atoms with van der Waals surface area (Å²) in [6.45, 7) is 9.74. The minimum atomic E-state index is -0.0925. The van der Waals surface area contributed by atoms with Crippen LogP contribution in [0.2, 0.25) is 5.02 Å². The first-order valence-corrected chi connectivity index (χ1v) is 7.11. The van der Waals surface area contributed by atoms with Crippen LogP contribution in [-0.2, 0) is 4.79 Å². The predicted molar refractivity (Wildman–Crippen MR) is 83.4 cm³/mol. The molecule has 1 aromatic carbocycles. The second-order valence-electron chi connectivity index (χ2n) is 5.27. The van der Waals surface area contributed by atoms with Gasteiger partial charge in [-0.25, -0.2) is 0 Å². The van der Waals surface area contributed by atoms with Crippen molar-refractivity contribution < 1.29 is 9.53 Å². The number of ketones is 1. The van der Waals surface area contributed by atoms with Gasteiger partial charge in [0.05, 0.1) is 5.02 Å². The zero-order valence-corrected chi connectivity index (χ0v) is 12.9. The van der Waals surface area contributed by atoms with Gasteiger partial charge in [-0.3, -0.25) is 4.79 Å². The third kappa shape index (κ3) is 2.80. The molecule has 0 bridgehead atoms. The van der Waals surface area contributed by atoms with Crippen LogP contribution in [0.15, 0.2) is 24.3 Å². The molecule has 0 saturated heterocycles. The van der Waals surface area contributed by atoms with Crippen molar-refractivity contribution in [2.75, 3.05) is 0 Å². The van der Waals surface area contributed by atoms with Crippen LogP contribution in [0.1, 0.15) is 36.5 Å². The molecule has 1 aliphatic rings. The lowest BCUT2D eigenvalue weighted by atomic mass is 9.96. The first-order chi connectivity index (χ1) is 9.43. The Morgan fingerprint density at radius 1 is 1.35 bits per heavy atom. The number of halogens is 1. The van der Waals surface area contributed by atoms with Crippen molar-refractivity contribution in [1.82, 2.24) is 0 Å². The number of hydrogen-bond donors (Lipinski definition) is 0. The maximum atomic E-state index is 11.4. The Morgan fingerprint density at radius 2 is 2.05 bits per heavy atom. The molecule has 1 aliphatic carbocycles. The standard InChI is InChI=1S/C17H19ClO2/c1-5-14-10(2)8-12(4)16(18)17(14)20-15-7-6-13(19)9-11(15)3/h5,8-9,15H,1,6-7H2,2-4H3. The third-order valence-corrected chi connectivity index (χ3v) is 4.13. The van der Waals surface area contributed by atoms with E-state index in [9.17, 15) is 4.79 Å². The molecule has 0 amide bonds. The smallest absolute Gasteiger partial charge is 0.155 e. The number of hydrogen-bond acceptors (Lipinski definition) is 2. The van der Waals surface area contributed by atoms with Gasteiger partial charge in [0.25, 0.3) is 0 Å². The molecule has 2 nitrogen and oxygen atoms in total. The lowest BCUT2D eigenvalue weighted by Gasteiger charge is -2.25. The van der Waals surface area contributed by atoms with Crippen molar-refractivity contribution in [3.63, 3.8) is 0 Å². The molecule has 1 aromatic rings. The molecule has 0 spiro atoms. The van der Waals surface area contributed by atoms with Crippen LogP contribution in [-0.4, -0.2) is 11.9 Å². The highest BCUT2D eigenvalue weighted by Gasteiger charge is 2.23. The van der Waals surface area contributed by atoms with E-state index >= 15 is 0 Å². The van der Waals surface area contributed by atoms with Gasteiger partial charge >= 0.3 is 0 Å². The molecule has 1 atom stereocenters. The van der Waals surface area contributed by atoms with E-state index in [1.165, 1.54) is 0 Å². The summed E-state index contributed by atoms with van der Waals surface area (Å²) in [6, 6.07) is 2.03. The summed E-state index contributed by atoms with van der Waals surface area (Å²) in [5, 5.41) is 0.621. The SMILES string of the molecule is C=Cc1c(C)cc(C)c(Cl)c1OC1CCC(=O)C=C1C. The van der Waals surface area contributed by atoms with Gasteiger partial charge in [-0.05, 0) is 50.0 Å². The van der Waals surface area contributed by atoms with Crippen molar-refractivity contribution in [2.45, 2.75) is 39.7 Å². The predicted octanol–water partition coefficient (Wildman–Crippen LogP) is 4.66. The molecular formula is C17H19ClO2. The van der Waals surface area contributed by atoms with E-state index in [2.05, 4.69) is 6.58 Å². The molecule has 0 aliphatic heterocycles. The van der Waals surface area contributed by atoms with E-state index in [1.807, 2.05) is 26.8 Å². The summed E-state index contributed by atoms with van der Waals surface area (Å²) in [7, 11) is 0. The monoisotopic (exact) mass is 290 g/mol. The van der Waals surface area contributed by atoms with E-state index in [1.54, 1.807) is 12.2 Å². The number of rotatable bonds is 3. The summed E-state index contributed by atoms with van der Waals surface area (Å²) in [6.07, 6.45) is 4.56. The molecule has 0 aromatic heterocycles. The molecule has 3 heteroatoms. The topological polar surface area (TPSA) is 26.3 Å². The van der Waals surface area contributed by atoms with E-state index in [0.717, 1.165) is 22.3 Å². The first-order valence-electron chi connectivity index (χ1n) is 6.74. The summed E-state index contributed by atoms with van der Waals surface area (Å²) in [5.41, 5.74) is 3.94. The van der Waals surface area contributed by atoms with Crippen LogP contribution in [0, 0.1) is 13.8 Å². The lowest BCUT2D eigenvalue weighted by molar-refractivity contribution is -0.115. The summed E-state index contributed by atoms with van der Waals surface area (Å²) < 4.78 is 6.11. The van der Waals surface area contributed by atoms with Gasteiger partial charge in [0.2, 0.25) is 0 Å². The number of carbonyl (C=O) groups is 1. The average Bonchev–Trinajstić information content (AvgIpc) is 2.38. The van der Waals surface area contributed by atoms with Gasteiger partial charge in [-0.2, -0.15) is 0 Å². The summed E-state index contributed by atoms with van der Waals surface area (Å²) >= 11 is 6.39. The van der Waals surface area contributed by atoms with Gasteiger partial charge in [0.15, 0.2) is 5.78 Å². The third-order valence-electron chi connectivity index (χ3n) is 3.66. The van der Waals surface area contributed by atoms with Crippen molar-refractivity contribution in [2.24, 2.45) is 0 Å². The van der Waals surface area contributed by atoms with E-state index in [0.29, 0.717) is 23.6 Å². The van der Waals surface area contributed by atoms with Gasteiger partial charge in [0.1, 0.15) is 11.9 Å². The number of allylic oxidation sites excluding steroid dienone is 1. The van der Waals surface area contributed by atoms with Gasteiger partial charge in [0, 0.05) is 12.0 Å². The van der Waals surface area contributed by atoms with Crippen molar-refractivity contribution >= 4 is 23.5 Å². The number of aryl methyl sites for hydroxylation is 2. The van der Waals surface area contributed by atoms with Crippen molar-refractivity contribution in [3.8, 4) is 5.75 Å². The number of benzene rings is 1. The summed E-state index contributed by atoms with van der Waals surface area (Å²) in [4.78, 5) is 11.4. The fraction of sp³-hybridized carbons (Fsp3) is 0.353. The second kappa shape index (κ2) is 5.84. The van der Waals surface area contributed by atoms with Gasteiger partial charge in [-0.1, -0.05) is 30.3 Å². The van der Waals surface area contributed by atoms with Crippen LogP contribution >= 0.6 is 11.6 Å². The fourth-order valence-corrected chi connectivity index (χ4v) is 2.73. The van der Waals surface area contributed by atoms with Gasteiger partial charge in [-0.15, -0.1) is 0 Å². The van der Waals surface area contributed by atoms with Crippen LogP contribution < -0.4 is 4.74 Å². The molecule has 0 radical (unpaired) electrons. The zero-order valence-electron chi connectivity index (χ0n) is 12.1. The zero-order chi connectivity index (χ0) is 14.9. The fourth-order valence-electron chi connectivity index (χ4n) is 2.53. The molecule has 1 unspecified atom stereocenters. The number of carbonyl (C=O) groups excluding carboxylic acids is 1. The summed E-state index contributed by atoms with van der Waals surface area (Å²) in [5.74, 6) is 0.837. The maximum Gasteiger partial charge on any atom is 0.155 e. The van der Waals surface area contributed by atoms with Crippen molar-refractivity contribution in [3.05, 3.63) is 46.0 Å². The Labute approximate surface area is 125 Å². The highest BCUT2D eigenvalue weighted by atomic mass is 35.5. The van der Waals surface area contributed by atoms with Crippen molar-refractivity contribution in [1.29, 1.82) is 0 Å². The highest BCUT2D eigenvalue weighted by molar-refractivity contribution is 6.33. The molecule has 0 saturated carbocycles. The van der Waals surface area contributed by atoms with E-state index in [-0.39, 0.29) is 11.9 Å². The normalized spacial score (nSPS) is 18.7. The van der Waals surface area contributed by atoms with Crippen LogP contribution in [0.4, 0.5) is 0 Å². The van der Waals surface area contributed by atoms with Crippen LogP contribution in [0.25, 0.3) is 6.08 Å². The largest absolute Gasteiger partial charge is 0.484 e. The van der Waals surface area contributed by atoms with Crippen LogP contribution in [0.3, 0.4) is 0 Å². The molecular weight excluding hydrogens is 272 g/mol. The Kier molecular flexibility index (Phi) is 4.34.